The van der Waals surface area contributed by atoms with E-state index in [1.807, 2.05) is 0 Å². The van der Waals surface area contributed by atoms with Gasteiger partial charge in [-0.25, -0.2) is 4.79 Å². The molecule has 176 valence electrons. The Morgan fingerprint density at radius 1 is 1.03 bits per heavy atom. The molecular formula is C24H19F3N2O5. The number of benzene rings is 3. The van der Waals surface area contributed by atoms with Gasteiger partial charge in [0.2, 0.25) is 5.91 Å². The molecule has 0 saturated heterocycles. The lowest BCUT2D eigenvalue weighted by atomic mass is 9.99. The Hall–Kier alpha value is -4.05. The van der Waals surface area contributed by atoms with E-state index in [1.165, 1.54) is 30.3 Å². The molecule has 0 aliphatic carbocycles. The summed E-state index contributed by atoms with van der Waals surface area (Å²) in [5.41, 5.74) is 7.53. The number of hydrogen-bond acceptors (Lipinski definition) is 5. The van der Waals surface area contributed by atoms with Crippen LogP contribution in [0.1, 0.15) is 27.6 Å². The Labute approximate surface area is 191 Å². The molecule has 0 aliphatic rings. The van der Waals surface area contributed by atoms with Crippen LogP contribution < -0.4 is 10.5 Å². The van der Waals surface area contributed by atoms with Crippen molar-refractivity contribution in [2.45, 2.75) is 19.0 Å². The van der Waals surface area contributed by atoms with Gasteiger partial charge in [-0.05, 0) is 35.9 Å². The normalized spacial score (nSPS) is 12.6. The number of nitrogens with zero attached hydrogens (tertiary/aromatic N) is 1. The zero-order valence-corrected chi connectivity index (χ0v) is 17.8. The summed E-state index contributed by atoms with van der Waals surface area (Å²) in [5, 5.41) is 11.4. The summed E-state index contributed by atoms with van der Waals surface area (Å²) in [5.74, 6) is -1.97. The summed E-state index contributed by atoms with van der Waals surface area (Å²) in [6.45, 7) is 0.106. The number of methoxy groups -OCH3 is 1. The molecule has 0 bridgehead atoms. The predicted octanol–water partition coefficient (Wildman–Crippen LogP) is 4.05. The minimum Gasteiger partial charge on any atom is -0.467 e. The molecule has 1 aromatic heterocycles. The van der Waals surface area contributed by atoms with Crippen LogP contribution in [0.5, 0.6) is 5.75 Å². The van der Waals surface area contributed by atoms with E-state index in [2.05, 4.69) is 9.47 Å². The highest BCUT2D eigenvalue weighted by molar-refractivity contribution is 6.19. The number of amides is 1. The molecule has 0 fully saturated rings. The van der Waals surface area contributed by atoms with Crippen molar-refractivity contribution < 1.29 is 37.3 Å². The van der Waals surface area contributed by atoms with Gasteiger partial charge in [0, 0.05) is 34.0 Å². The third-order valence-electron chi connectivity index (χ3n) is 5.41. The molecule has 4 rings (SSSR count). The van der Waals surface area contributed by atoms with Gasteiger partial charge in [-0.3, -0.25) is 4.79 Å². The first-order chi connectivity index (χ1) is 16.1. The Bertz CT molecular complexity index is 1410. The number of halogens is 3. The lowest BCUT2D eigenvalue weighted by Crippen LogP contribution is -2.17. The highest BCUT2D eigenvalue weighted by Crippen LogP contribution is 2.37. The zero-order chi connectivity index (χ0) is 24.6. The van der Waals surface area contributed by atoms with Crippen LogP contribution in [0, 0.1) is 0 Å². The minimum atomic E-state index is -4.83. The maximum Gasteiger partial charge on any atom is 0.573 e. The number of carbonyl (C=O) groups is 2. The summed E-state index contributed by atoms with van der Waals surface area (Å²) in [4.78, 5) is 24.3. The van der Waals surface area contributed by atoms with Crippen molar-refractivity contribution in [2.75, 3.05) is 7.11 Å². The Kier molecular flexibility index (Phi) is 5.92. The van der Waals surface area contributed by atoms with Crippen LogP contribution in [0.25, 0.3) is 21.8 Å². The molecule has 3 N–H and O–H groups in total. The minimum absolute atomic E-state index is 0.106. The van der Waals surface area contributed by atoms with Crippen LogP contribution in [-0.2, 0) is 16.1 Å². The molecule has 1 unspecified atom stereocenters. The first-order valence-corrected chi connectivity index (χ1v) is 10.0. The molecule has 34 heavy (non-hydrogen) atoms. The third-order valence-corrected chi connectivity index (χ3v) is 5.41. The zero-order valence-electron chi connectivity index (χ0n) is 17.8. The van der Waals surface area contributed by atoms with Crippen LogP contribution >= 0.6 is 0 Å². The lowest BCUT2D eigenvalue weighted by Gasteiger charge is -2.13. The number of primary amides is 1. The van der Waals surface area contributed by atoms with E-state index in [9.17, 15) is 27.9 Å². The van der Waals surface area contributed by atoms with Crippen molar-refractivity contribution in [3.8, 4) is 5.75 Å². The molecule has 7 nitrogen and oxygen atoms in total. The molecule has 10 heteroatoms. The average molecular weight is 472 g/mol. The highest BCUT2D eigenvalue weighted by Gasteiger charge is 2.31. The van der Waals surface area contributed by atoms with Gasteiger partial charge in [0.05, 0.1) is 12.6 Å². The van der Waals surface area contributed by atoms with Crippen LogP contribution in [-0.4, -0.2) is 35.0 Å². The fourth-order valence-electron chi connectivity index (χ4n) is 4.08. The van der Waals surface area contributed by atoms with Gasteiger partial charge in [0.1, 0.15) is 5.75 Å². The summed E-state index contributed by atoms with van der Waals surface area (Å²) in [6, 6.07) is 15.2. The maximum atomic E-state index is 12.7. The van der Waals surface area contributed by atoms with Gasteiger partial charge in [0.15, 0.2) is 6.10 Å². The van der Waals surface area contributed by atoms with Gasteiger partial charge < -0.3 is 24.9 Å². The number of aromatic nitrogens is 1. The average Bonchev–Trinajstić information content (AvgIpc) is 3.11. The van der Waals surface area contributed by atoms with Crippen molar-refractivity contribution in [2.24, 2.45) is 5.73 Å². The third kappa shape index (κ3) is 4.27. The van der Waals surface area contributed by atoms with Gasteiger partial charge in [0.25, 0.3) is 0 Å². The summed E-state index contributed by atoms with van der Waals surface area (Å²) >= 11 is 0. The Morgan fingerprint density at radius 2 is 1.68 bits per heavy atom. The number of aliphatic hydroxyl groups is 1. The van der Waals surface area contributed by atoms with Gasteiger partial charge >= 0.3 is 12.3 Å². The van der Waals surface area contributed by atoms with E-state index in [-0.39, 0.29) is 23.4 Å². The van der Waals surface area contributed by atoms with E-state index in [4.69, 9.17) is 5.73 Å². The largest absolute Gasteiger partial charge is 0.573 e. The fourth-order valence-corrected chi connectivity index (χ4v) is 4.08. The molecule has 3 aromatic carbocycles. The standard InChI is InChI=1S/C24H19F3N2O5/c1-33-23(32)21(30)15-7-3-9-17-19(15)20-16(22(28)31)8-4-10-18(20)29(17)12-13-5-2-6-14(11-13)34-24(25,26)27/h2-11,21,30H,12H2,1H3,(H2,28,31). The van der Waals surface area contributed by atoms with E-state index >= 15 is 0 Å². The summed E-state index contributed by atoms with van der Waals surface area (Å²) in [7, 11) is 1.14. The number of rotatable bonds is 6. The van der Waals surface area contributed by atoms with E-state index in [1.54, 1.807) is 34.9 Å². The second-order valence-corrected chi connectivity index (χ2v) is 7.51. The maximum absolute atomic E-state index is 12.7. The van der Waals surface area contributed by atoms with Gasteiger partial charge in [-0.1, -0.05) is 30.3 Å². The van der Waals surface area contributed by atoms with Crippen LogP contribution in [0.2, 0.25) is 0 Å². The molecule has 4 aromatic rings. The Balaban J connectivity index is 1.96. The molecule has 0 saturated carbocycles. The Morgan fingerprint density at radius 3 is 2.32 bits per heavy atom. The number of aliphatic hydroxyl groups excluding tert-OH is 1. The smallest absolute Gasteiger partial charge is 0.467 e. The van der Waals surface area contributed by atoms with E-state index in [0.29, 0.717) is 27.4 Å². The molecule has 1 amide bonds. The van der Waals surface area contributed by atoms with Gasteiger partial charge in [-0.2, -0.15) is 0 Å². The summed E-state index contributed by atoms with van der Waals surface area (Å²) < 4.78 is 48.5. The predicted molar refractivity (Wildman–Crippen MR) is 117 cm³/mol. The van der Waals surface area contributed by atoms with Crippen LogP contribution in [0.15, 0.2) is 60.7 Å². The van der Waals surface area contributed by atoms with Gasteiger partial charge in [-0.15, -0.1) is 13.2 Å². The lowest BCUT2D eigenvalue weighted by molar-refractivity contribution is -0.274. The summed E-state index contributed by atoms with van der Waals surface area (Å²) in [6.07, 6.45) is -6.46. The molecule has 0 aliphatic heterocycles. The number of hydrogen-bond donors (Lipinski definition) is 2. The molecule has 1 atom stereocenters. The molecule has 1 heterocycles. The number of nitrogens with two attached hydrogens (primary N) is 1. The number of ether oxygens (including phenoxy) is 2. The topological polar surface area (TPSA) is 104 Å². The SMILES string of the molecule is COC(=O)C(O)c1cccc2c1c1c(C(N)=O)cccc1n2Cc1cccc(OC(F)(F)F)c1. The van der Waals surface area contributed by atoms with E-state index in [0.717, 1.165) is 7.11 Å². The van der Waals surface area contributed by atoms with Crippen molar-refractivity contribution in [1.82, 2.24) is 4.57 Å². The van der Waals surface area contributed by atoms with Crippen LogP contribution in [0.4, 0.5) is 13.2 Å². The van der Waals surface area contributed by atoms with E-state index < -0.39 is 24.3 Å². The quantitative estimate of drug-likeness (QED) is 0.412. The van der Waals surface area contributed by atoms with Crippen LogP contribution in [0.3, 0.4) is 0 Å². The highest BCUT2D eigenvalue weighted by atomic mass is 19.4. The monoisotopic (exact) mass is 472 g/mol. The van der Waals surface area contributed by atoms with Crippen molar-refractivity contribution in [3.05, 3.63) is 77.4 Å². The van der Waals surface area contributed by atoms with Crippen molar-refractivity contribution in [1.29, 1.82) is 0 Å². The number of carbonyl (C=O) groups excluding carboxylic acids is 2. The second kappa shape index (κ2) is 8.71. The molecule has 0 radical (unpaired) electrons. The van der Waals surface area contributed by atoms with Crippen molar-refractivity contribution >= 4 is 33.7 Å². The number of fused-ring (bicyclic) bond motifs is 3. The second-order valence-electron chi connectivity index (χ2n) is 7.51. The molecule has 0 spiro atoms. The number of alkyl halides is 3. The first kappa shape index (κ1) is 23.1. The first-order valence-electron chi connectivity index (χ1n) is 10.0. The fraction of sp³-hybridized carbons (Fsp3) is 0.167. The number of esters is 1. The van der Waals surface area contributed by atoms with Crippen molar-refractivity contribution in [3.63, 3.8) is 0 Å². The molecular weight excluding hydrogens is 453 g/mol.